The fraction of sp³-hybridized carbons (Fsp3) is 0.0667. The van der Waals surface area contributed by atoms with Crippen molar-refractivity contribution < 1.29 is 23.1 Å². The molecule has 0 aliphatic carbocycles. The molecule has 0 bridgehead atoms. The minimum absolute atomic E-state index is 0.0175. The molecule has 2 aromatic rings. The Morgan fingerprint density at radius 1 is 0.950 bits per heavy atom. The van der Waals surface area contributed by atoms with Crippen LogP contribution in [0.5, 0.6) is 5.75 Å². The van der Waals surface area contributed by atoms with Crippen LogP contribution in [0.1, 0.15) is 22.8 Å². The predicted octanol–water partition coefficient (Wildman–Crippen LogP) is 3.12. The zero-order valence-corrected chi connectivity index (χ0v) is 10.5. The van der Waals surface area contributed by atoms with Gasteiger partial charge >= 0.3 is 5.97 Å². The number of benzene rings is 2. The van der Waals surface area contributed by atoms with Crippen molar-refractivity contribution in [2.45, 2.75) is 6.92 Å². The minimum atomic E-state index is -1.09. The standard InChI is InChI=1S/C15H10F2O3/c1-9(18)20-12-4-2-3-10(7-12)15(19)11-5-6-13(16)14(17)8-11/h2-8H,1H3. The fourth-order valence-electron chi connectivity index (χ4n) is 1.67. The molecule has 0 heterocycles. The molecule has 2 rings (SSSR count). The smallest absolute Gasteiger partial charge is 0.308 e. The molecule has 0 aliphatic heterocycles. The van der Waals surface area contributed by atoms with Gasteiger partial charge in [-0.05, 0) is 30.3 Å². The lowest BCUT2D eigenvalue weighted by Crippen LogP contribution is -2.05. The highest BCUT2D eigenvalue weighted by atomic mass is 19.2. The number of esters is 1. The van der Waals surface area contributed by atoms with Crippen LogP contribution in [0, 0.1) is 11.6 Å². The van der Waals surface area contributed by atoms with E-state index in [0.717, 1.165) is 12.1 Å². The van der Waals surface area contributed by atoms with E-state index in [1.807, 2.05) is 0 Å². The van der Waals surface area contributed by atoms with E-state index in [1.54, 1.807) is 0 Å². The quantitative estimate of drug-likeness (QED) is 0.491. The van der Waals surface area contributed by atoms with Crippen LogP contribution in [0.3, 0.4) is 0 Å². The summed E-state index contributed by atoms with van der Waals surface area (Å²) < 4.78 is 30.8. The summed E-state index contributed by atoms with van der Waals surface area (Å²) in [5, 5.41) is 0. The number of ketones is 1. The van der Waals surface area contributed by atoms with Crippen molar-refractivity contribution in [3.63, 3.8) is 0 Å². The van der Waals surface area contributed by atoms with E-state index in [2.05, 4.69) is 0 Å². The Balaban J connectivity index is 2.33. The van der Waals surface area contributed by atoms with Gasteiger partial charge in [-0.15, -0.1) is 0 Å². The van der Waals surface area contributed by atoms with Crippen molar-refractivity contribution in [1.82, 2.24) is 0 Å². The Morgan fingerprint density at radius 2 is 1.65 bits per heavy atom. The summed E-state index contributed by atoms with van der Waals surface area (Å²) in [6.07, 6.45) is 0. The molecule has 2 aromatic carbocycles. The van der Waals surface area contributed by atoms with Gasteiger partial charge in [0, 0.05) is 18.1 Å². The summed E-state index contributed by atoms with van der Waals surface area (Å²) in [6.45, 7) is 1.24. The number of carbonyl (C=O) groups excluding carboxylic acids is 2. The van der Waals surface area contributed by atoms with E-state index in [1.165, 1.54) is 37.3 Å². The highest BCUT2D eigenvalue weighted by Crippen LogP contribution is 2.18. The first-order chi connectivity index (χ1) is 9.47. The fourth-order valence-corrected chi connectivity index (χ4v) is 1.67. The SMILES string of the molecule is CC(=O)Oc1cccc(C(=O)c2ccc(F)c(F)c2)c1. The van der Waals surface area contributed by atoms with Crippen LogP contribution in [-0.4, -0.2) is 11.8 Å². The molecule has 0 aliphatic rings. The van der Waals surface area contributed by atoms with Crippen molar-refractivity contribution >= 4 is 11.8 Å². The number of ether oxygens (including phenoxy) is 1. The van der Waals surface area contributed by atoms with Gasteiger partial charge in [-0.2, -0.15) is 0 Å². The number of carbonyl (C=O) groups is 2. The van der Waals surface area contributed by atoms with Crippen molar-refractivity contribution in [2.24, 2.45) is 0 Å². The molecule has 102 valence electrons. The molecule has 0 amide bonds. The van der Waals surface area contributed by atoms with Crippen LogP contribution in [0.25, 0.3) is 0 Å². The van der Waals surface area contributed by atoms with E-state index in [-0.39, 0.29) is 16.9 Å². The Hall–Kier alpha value is -2.56. The maximum atomic E-state index is 13.1. The van der Waals surface area contributed by atoms with E-state index >= 15 is 0 Å². The Labute approximate surface area is 113 Å². The maximum absolute atomic E-state index is 13.1. The molecule has 0 aromatic heterocycles. The normalized spacial score (nSPS) is 10.2. The lowest BCUT2D eigenvalue weighted by atomic mass is 10.0. The third-order valence-electron chi connectivity index (χ3n) is 2.54. The third kappa shape index (κ3) is 3.06. The summed E-state index contributed by atoms with van der Waals surface area (Å²) >= 11 is 0. The van der Waals surface area contributed by atoms with Crippen LogP contribution in [0.2, 0.25) is 0 Å². The summed E-state index contributed by atoms with van der Waals surface area (Å²) in [5.41, 5.74) is 0.235. The van der Waals surface area contributed by atoms with Gasteiger partial charge in [0.2, 0.25) is 0 Å². The topological polar surface area (TPSA) is 43.4 Å². The molecule has 3 nitrogen and oxygen atoms in total. The first kappa shape index (κ1) is 13.9. The molecule has 0 unspecified atom stereocenters. The zero-order chi connectivity index (χ0) is 14.7. The number of hydrogen-bond acceptors (Lipinski definition) is 3. The van der Waals surface area contributed by atoms with Crippen molar-refractivity contribution in [1.29, 1.82) is 0 Å². The molecule has 0 saturated heterocycles. The van der Waals surface area contributed by atoms with E-state index < -0.39 is 23.4 Å². The van der Waals surface area contributed by atoms with Gasteiger partial charge in [0.15, 0.2) is 17.4 Å². The molecular formula is C15H10F2O3. The highest BCUT2D eigenvalue weighted by Gasteiger charge is 2.13. The van der Waals surface area contributed by atoms with E-state index in [0.29, 0.717) is 0 Å². The van der Waals surface area contributed by atoms with Gasteiger partial charge in [0.05, 0.1) is 0 Å². The predicted molar refractivity (Wildman–Crippen MR) is 67.5 cm³/mol. The Bertz CT molecular complexity index is 681. The molecular weight excluding hydrogens is 266 g/mol. The van der Waals surface area contributed by atoms with Gasteiger partial charge in [0.1, 0.15) is 5.75 Å². The molecule has 5 heteroatoms. The maximum Gasteiger partial charge on any atom is 0.308 e. The third-order valence-corrected chi connectivity index (χ3v) is 2.54. The Morgan fingerprint density at radius 3 is 2.30 bits per heavy atom. The molecule has 0 saturated carbocycles. The molecule has 0 N–H and O–H groups in total. The average molecular weight is 276 g/mol. The van der Waals surface area contributed by atoms with Gasteiger partial charge in [-0.3, -0.25) is 9.59 Å². The van der Waals surface area contributed by atoms with Gasteiger partial charge in [-0.25, -0.2) is 8.78 Å². The second kappa shape index (κ2) is 5.61. The van der Waals surface area contributed by atoms with Gasteiger partial charge in [-0.1, -0.05) is 12.1 Å². The summed E-state index contributed by atoms with van der Waals surface area (Å²) in [4.78, 5) is 23.0. The van der Waals surface area contributed by atoms with Crippen molar-refractivity contribution in [2.75, 3.05) is 0 Å². The molecule has 0 spiro atoms. The molecule has 0 atom stereocenters. The molecule has 0 fully saturated rings. The lowest BCUT2D eigenvalue weighted by Gasteiger charge is -2.05. The summed E-state index contributed by atoms with van der Waals surface area (Å²) in [6, 6.07) is 8.82. The van der Waals surface area contributed by atoms with Crippen LogP contribution in [0.15, 0.2) is 42.5 Å². The van der Waals surface area contributed by atoms with E-state index in [4.69, 9.17) is 4.74 Å². The highest BCUT2D eigenvalue weighted by molar-refractivity contribution is 6.09. The van der Waals surface area contributed by atoms with Crippen LogP contribution in [-0.2, 0) is 4.79 Å². The van der Waals surface area contributed by atoms with Crippen LogP contribution in [0.4, 0.5) is 8.78 Å². The van der Waals surface area contributed by atoms with Crippen molar-refractivity contribution in [3.05, 3.63) is 65.2 Å². The number of rotatable bonds is 3. The molecule has 0 radical (unpaired) electrons. The van der Waals surface area contributed by atoms with Crippen LogP contribution < -0.4 is 4.74 Å². The minimum Gasteiger partial charge on any atom is -0.427 e. The van der Waals surface area contributed by atoms with Crippen LogP contribution >= 0.6 is 0 Å². The second-order valence-electron chi connectivity index (χ2n) is 4.08. The van der Waals surface area contributed by atoms with E-state index in [9.17, 15) is 18.4 Å². The Kier molecular flexibility index (Phi) is 3.89. The van der Waals surface area contributed by atoms with Gasteiger partial charge in [0.25, 0.3) is 0 Å². The largest absolute Gasteiger partial charge is 0.427 e. The first-order valence-electron chi connectivity index (χ1n) is 5.75. The molecule has 20 heavy (non-hydrogen) atoms. The monoisotopic (exact) mass is 276 g/mol. The number of hydrogen-bond donors (Lipinski definition) is 0. The van der Waals surface area contributed by atoms with Crippen molar-refractivity contribution in [3.8, 4) is 5.75 Å². The number of halogens is 2. The zero-order valence-electron chi connectivity index (χ0n) is 10.5. The second-order valence-corrected chi connectivity index (χ2v) is 4.08. The lowest BCUT2D eigenvalue weighted by molar-refractivity contribution is -0.131. The summed E-state index contributed by atoms with van der Waals surface area (Å²) in [5.74, 6) is -2.89. The first-order valence-corrected chi connectivity index (χ1v) is 5.75. The average Bonchev–Trinajstić information content (AvgIpc) is 2.40. The van der Waals surface area contributed by atoms with Gasteiger partial charge < -0.3 is 4.74 Å². The summed E-state index contributed by atoms with van der Waals surface area (Å²) in [7, 11) is 0.